The van der Waals surface area contributed by atoms with Crippen molar-refractivity contribution in [3.63, 3.8) is 0 Å². The lowest BCUT2D eigenvalue weighted by Gasteiger charge is -2.13. The number of hydrogen-bond donors (Lipinski definition) is 1. The Kier molecular flexibility index (Phi) is 5.35. The molecule has 0 aliphatic carbocycles. The summed E-state index contributed by atoms with van der Waals surface area (Å²) in [5, 5.41) is 12.1. The first kappa shape index (κ1) is 19.8. The molecule has 0 saturated heterocycles. The molecular formula is C21H25N7O2. The molecule has 4 aromatic rings. The minimum Gasteiger partial charge on any atom is -0.477 e. The minimum atomic E-state index is 0.241. The van der Waals surface area contributed by atoms with Crippen LogP contribution in [0.25, 0.3) is 16.8 Å². The lowest BCUT2D eigenvalue weighted by atomic mass is 10.1. The van der Waals surface area contributed by atoms with E-state index in [1.165, 1.54) is 0 Å². The van der Waals surface area contributed by atoms with E-state index in [2.05, 4.69) is 34.3 Å². The van der Waals surface area contributed by atoms with Crippen molar-refractivity contribution in [3.05, 3.63) is 47.6 Å². The van der Waals surface area contributed by atoms with Crippen molar-refractivity contribution in [2.24, 2.45) is 0 Å². The summed E-state index contributed by atoms with van der Waals surface area (Å²) in [4.78, 5) is 13.4. The fourth-order valence-electron chi connectivity index (χ4n) is 3.35. The van der Waals surface area contributed by atoms with Crippen molar-refractivity contribution < 1.29 is 9.26 Å². The fourth-order valence-corrected chi connectivity index (χ4v) is 3.35. The maximum Gasteiger partial charge on any atom is 0.245 e. The minimum absolute atomic E-state index is 0.241. The van der Waals surface area contributed by atoms with E-state index in [4.69, 9.17) is 19.3 Å². The van der Waals surface area contributed by atoms with Crippen LogP contribution in [-0.2, 0) is 6.54 Å². The monoisotopic (exact) mass is 407 g/mol. The molecule has 0 atom stereocenters. The van der Waals surface area contributed by atoms with Gasteiger partial charge in [-0.2, -0.15) is 10.1 Å². The quantitative estimate of drug-likeness (QED) is 0.492. The fraction of sp³-hybridized carbons (Fsp3) is 0.381. The number of anilines is 1. The van der Waals surface area contributed by atoms with Gasteiger partial charge in [0, 0.05) is 6.20 Å². The maximum absolute atomic E-state index is 5.72. The molecule has 30 heavy (non-hydrogen) atoms. The summed E-state index contributed by atoms with van der Waals surface area (Å²) < 4.78 is 12.8. The van der Waals surface area contributed by atoms with E-state index >= 15 is 0 Å². The number of ether oxygens (including phenoxy) is 1. The van der Waals surface area contributed by atoms with Gasteiger partial charge in [0.05, 0.1) is 35.8 Å². The molecule has 0 unspecified atom stereocenters. The second-order valence-corrected chi connectivity index (χ2v) is 7.28. The molecule has 9 heteroatoms. The van der Waals surface area contributed by atoms with E-state index in [1.54, 1.807) is 13.1 Å². The van der Waals surface area contributed by atoms with E-state index < -0.39 is 0 Å². The lowest BCUT2D eigenvalue weighted by molar-refractivity contribution is 0.328. The number of imidazole rings is 1. The summed E-state index contributed by atoms with van der Waals surface area (Å²) in [5.74, 6) is 2.72. The van der Waals surface area contributed by atoms with Crippen molar-refractivity contribution >= 4 is 11.2 Å². The SMILES string of the molecule is CCOc1ncccc1-c1cc(NCc2nc(C)no2)c2c(C(C)C)nc(C)n2n1. The molecular weight excluding hydrogens is 382 g/mol. The molecule has 0 fully saturated rings. The van der Waals surface area contributed by atoms with Crippen LogP contribution >= 0.6 is 0 Å². The van der Waals surface area contributed by atoms with Crippen LogP contribution in [0, 0.1) is 13.8 Å². The van der Waals surface area contributed by atoms with Crippen LogP contribution < -0.4 is 10.1 Å². The summed E-state index contributed by atoms with van der Waals surface area (Å²) in [7, 11) is 0. The van der Waals surface area contributed by atoms with Crippen molar-refractivity contribution in [1.82, 2.24) is 29.7 Å². The molecule has 0 aliphatic rings. The average Bonchev–Trinajstić information content (AvgIpc) is 3.30. The number of fused-ring (bicyclic) bond motifs is 1. The second-order valence-electron chi connectivity index (χ2n) is 7.28. The Bertz CT molecular complexity index is 1180. The molecule has 156 valence electrons. The summed E-state index contributed by atoms with van der Waals surface area (Å²) in [6.45, 7) is 10.8. The van der Waals surface area contributed by atoms with E-state index in [0.29, 0.717) is 30.7 Å². The van der Waals surface area contributed by atoms with Gasteiger partial charge >= 0.3 is 0 Å². The van der Waals surface area contributed by atoms with Gasteiger partial charge in [-0.25, -0.2) is 14.5 Å². The van der Waals surface area contributed by atoms with E-state index in [9.17, 15) is 0 Å². The summed E-state index contributed by atoms with van der Waals surface area (Å²) in [6.07, 6.45) is 1.71. The number of pyridine rings is 1. The largest absolute Gasteiger partial charge is 0.477 e. The number of nitrogens with one attached hydrogen (secondary N) is 1. The Morgan fingerprint density at radius 1 is 1.23 bits per heavy atom. The molecule has 9 nitrogen and oxygen atoms in total. The molecule has 0 aliphatic heterocycles. The highest BCUT2D eigenvalue weighted by atomic mass is 16.5. The van der Waals surface area contributed by atoms with Gasteiger partial charge < -0.3 is 14.6 Å². The van der Waals surface area contributed by atoms with E-state index in [1.807, 2.05) is 36.6 Å². The van der Waals surface area contributed by atoms with Crippen LogP contribution in [0.2, 0.25) is 0 Å². The number of aromatic nitrogens is 6. The highest BCUT2D eigenvalue weighted by Gasteiger charge is 2.20. The molecule has 4 heterocycles. The normalized spacial score (nSPS) is 11.4. The van der Waals surface area contributed by atoms with Crippen LogP contribution in [-0.4, -0.2) is 36.3 Å². The van der Waals surface area contributed by atoms with Crippen LogP contribution in [0.5, 0.6) is 5.88 Å². The Balaban J connectivity index is 1.86. The Hall–Kier alpha value is -3.49. The highest BCUT2D eigenvalue weighted by Crippen LogP contribution is 2.33. The lowest BCUT2D eigenvalue weighted by Crippen LogP contribution is -2.07. The third-order valence-electron chi connectivity index (χ3n) is 4.66. The molecule has 0 amide bonds. The zero-order chi connectivity index (χ0) is 21.3. The Labute approximate surface area is 174 Å². The number of nitrogens with zero attached hydrogens (tertiary/aromatic N) is 6. The predicted octanol–water partition coefficient (Wildman–Crippen LogP) is 3.93. The predicted molar refractivity (Wildman–Crippen MR) is 113 cm³/mol. The van der Waals surface area contributed by atoms with Crippen LogP contribution in [0.15, 0.2) is 28.9 Å². The van der Waals surface area contributed by atoms with Gasteiger partial charge in [0.25, 0.3) is 0 Å². The smallest absolute Gasteiger partial charge is 0.245 e. The summed E-state index contributed by atoms with van der Waals surface area (Å²) in [5.41, 5.74) is 4.35. The molecule has 0 saturated carbocycles. The maximum atomic E-state index is 5.72. The average molecular weight is 407 g/mol. The molecule has 0 bridgehead atoms. The first-order chi connectivity index (χ1) is 14.5. The third kappa shape index (κ3) is 3.70. The standard InChI is InChI=1S/C21H25N7O2/c1-6-29-21-15(8-7-9-22-21)16-10-17(23-11-18-24-13(4)27-30-18)20-19(12(2)3)25-14(5)28(20)26-16/h7-10,12,23H,6,11H2,1-5H3. The first-order valence-electron chi connectivity index (χ1n) is 9.99. The van der Waals surface area contributed by atoms with Gasteiger partial charge in [-0.3, -0.25) is 0 Å². The Morgan fingerprint density at radius 3 is 2.77 bits per heavy atom. The van der Waals surface area contributed by atoms with Crippen molar-refractivity contribution in [2.75, 3.05) is 11.9 Å². The molecule has 1 N–H and O–H groups in total. The van der Waals surface area contributed by atoms with Gasteiger partial charge in [-0.15, -0.1) is 0 Å². The first-order valence-corrected chi connectivity index (χ1v) is 9.99. The molecule has 4 aromatic heterocycles. The molecule has 0 aromatic carbocycles. The molecule has 0 spiro atoms. The van der Waals surface area contributed by atoms with Crippen LogP contribution in [0.1, 0.15) is 49.9 Å². The van der Waals surface area contributed by atoms with Gasteiger partial charge in [-0.05, 0) is 44.9 Å². The third-order valence-corrected chi connectivity index (χ3v) is 4.66. The zero-order valence-electron chi connectivity index (χ0n) is 17.8. The number of rotatable bonds is 7. The summed E-state index contributed by atoms with van der Waals surface area (Å²) in [6, 6.07) is 5.82. The van der Waals surface area contributed by atoms with Crippen LogP contribution in [0.3, 0.4) is 0 Å². The van der Waals surface area contributed by atoms with Gasteiger partial charge in [0.2, 0.25) is 11.8 Å². The van der Waals surface area contributed by atoms with Gasteiger partial charge in [0.1, 0.15) is 11.3 Å². The van der Waals surface area contributed by atoms with E-state index in [0.717, 1.165) is 34.0 Å². The number of hydrogen-bond acceptors (Lipinski definition) is 8. The summed E-state index contributed by atoms with van der Waals surface area (Å²) >= 11 is 0. The van der Waals surface area contributed by atoms with Crippen molar-refractivity contribution in [3.8, 4) is 17.1 Å². The molecule has 4 rings (SSSR count). The Morgan fingerprint density at radius 2 is 2.07 bits per heavy atom. The molecule has 0 radical (unpaired) electrons. The topological polar surface area (TPSA) is 103 Å². The number of aryl methyl sites for hydroxylation is 2. The zero-order valence-corrected chi connectivity index (χ0v) is 17.8. The van der Waals surface area contributed by atoms with Crippen LogP contribution in [0.4, 0.5) is 5.69 Å². The van der Waals surface area contributed by atoms with Gasteiger partial charge in [0.15, 0.2) is 5.82 Å². The van der Waals surface area contributed by atoms with Crippen molar-refractivity contribution in [2.45, 2.75) is 47.1 Å². The van der Waals surface area contributed by atoms with Crippen molar-refractivity contribution in [1.29, 1.82) is 0 Å². The van der Waals surface area contributed by atoms with E-state index in [-0.39, 0.29) is 5.92 Å². The highest BCUT2D eigenvalue weighted by molar-refractivity contribution is 5.80. The second kappa shape index (κ2) is 8.10. The van der Waals surface area contributed by atoms with Gasteiger partial charge in [-0.1, -0.05) is 19.0 Å².